The van der Waals surface area contributed by atoms with Crippen LogP contribution in [0.1, 0.15) is 104 Å². The third-order valence-corrected chi connectivity index (χ3v) is 17.7. The molecular formula is C68H87F5N8O20. The molecule has 2 aromatic carbocycles. The summed E-state index contributed by atoms with van der Waals surface area (Å²) in [5.41, 5.74) is -2.60. The maximum atomic E-state index is 15.9. The highest BCUT2D eigenvalue weighted by Crippen LogP contribution is 2.49. The van der Waals surface area contributed by atoms with Gasteiger partial charge in [-0.3, -0.25) is 43.4 Å². The molecule has 4 N–H and O–H groups in total. The van der Waals surface area contributed by atoms with Crippen molar-refractivity contribution >= 4 is 64.1 Å². The number of anilines is 1. The molecular weight excluding hydrogens is 1340 g/mol. The van der Waals surface area contributed by atoms with Crippen LogP contribution in [-0.2, 0) is 106 Å². The van der Waals surface area contributed by atoms with Crippen LogP contribution in [0.4, 0.5) is 32.4 Å². The normalized spacial score (nSPS) is 17.8. The Labute approximate surface area is 579 Å². The van der Waals surface area contributed by atoms with Gasteiger partial charge in [0.2, 0.25) is 35.6 Å². The van der Waals surface area contributed by atoms with Crippen LogP contribution in [0.15, 0.2) is 41.2 Å². The lowest BCUT2D eigenvalue weighted by Crippen LogP contribution is -2.50. The van der Waals surface area contributed by atoms with E-state index < -0.39 is 120 Å². The van der Waals surface area contributed by atoms with E-state index >= 15 is 18.0 Å². The predicted molar refractivity (Wildman–Crippen MR) is 348 cm³/mol. The van der Waals surface area contributed by atoms with Crippen molar-refractivity contribution in [1.82, 2.24) is 34.9 Å². The molecule has 8 rings (SSSR count). The third-order valence-electron chi connectivity index (χ3n) is 17.7. The molecule has 1 fully saturated rings. The number of methoxy groups -OCH3 is 1. The number of benzene rings is 2. The number of cyclic esters (lactones) is 1. The number of aromatic nitrogens is 2. The van der Waals surface area contributed by atoms with Crippen molar-refractivity contribution in [3.63, 3.8) is 0 Å². The van der Waals surface area contributed by atoms with Crippen LogP contribution >= 0.6 is 0 Å². The summed E-state index contributed by atoms with van der Waals surface area (Å²) >= 11 is 0. The standard InChI is InChI=1S/C68H87F5N8O20/c1-8-67(91)48-34-52-57-46(36-80(52)62(87)47(48)37-100-65(67)89)56-51(14-13-45-40(3)49(69)35-50(77-57)55(45)56)81(38-68(72,73)64(70)71)66(90)101-58(63(88)78(6)17-18-93-21-22-95-25-26-97-29-30-99-32-31-98-28-27-96-24-23-94-20-19-92-7)43-9-11-44(12-10-43)76-60(85)42(5)75-59(84)41(4)74-53(82)15-16-79-54(83)33-39(2)61(79)86/h9-12,34-35,39,41-42,51,58,64,91H,8,13-33,36-38H2,1-7H3,(H,74,82)(H,75,84)(H,76,85)/t39?,41-,42-,51-,58?,67-/m0/s1. The van der Waals surface area contributed by atoms with Crippen molar-refractivity contribution in [2.24, 2.45) is 5.92 Å². The number of likely N-dealkylation sites (N-methyl/N-ethyl adjacent to an activating group) is 1. The maximum absolute atomic E-state index is 15.9. The van der Waals surface area contributed by atoms with Gasteiger partial charge in [0.25, 0.3) is 11.5 Å². The van der Waals surface area contributed by atoms with Crippen LogP contribution in [0.25, 0.3) is 22.3 Å². The summed E-state index contributed by atoms with van der Waals surface area (Å²) in [6.45, 7) is 8.68. The van der Waals surface area contributed by atoms with E-state index in [-0.39, 0.29) is 146 Å². The topological polar surface area (TPSA) is 330 Å². The summed E-state index contributed by atoms with van der Waals surface area (Å²) in [5, 5.41) is 19.3. The fourth-order valence-electron chi connectivity index (χ4n) is 12.0. The highest BCUT2D eigenvalue weighted by Gasteiger charge is 2.50. The Kier molecular flexibility index (Phi) is 28.1. The number of halogens is 5. The van der Waals surface area contributed by atoms with Gasteiger partial charge in [0.15, 0.2) is 5.60 Å². The first-order valence-electron chi connectivity index (χ1n) is 33.3. The molecule has 101 heavy (non-hydrogen) atoms. The molecule has 7 amide bonds. The average Bonchev–Trinajstić information content (AvgIpc) is 1.52. The molecule has 2 aromatic heterocycles. The summed E-state index contributed by atoms with van der Waals surface area (Å²) in [6, 6.07) is 3.50. The molecule has 0 saturated carbocycles. The Morgan fingerprint density at radius 3 is 1.93 bits per heavy atom. The van der Waals surface area contributed by atoms with E-state index in [0.717, 1.165) is 15.9 Å². The lowest BCUT2D eigenvalue weighted by atomic mass is 9.81. The molecule has 33 heteroatoms. The minimum Gasteiger partial charge on any atom is -0.458 e. The summed E-state index contributed by atoms with van der Waals surface area (Å²) in [6.07, 6.45) is -8.96. The smallest absolute Gasteiger partial charge is 0.411 e. The van der Waals surface area contributed by atoms with E-state index in [4.69, 9.17) is 52.4 Å². The molecule has 1 aliphatic carbocycles. The number of amides is 7. The van der Waals surface area contributed by atoms with E-state index in [1.165, 1.54) is 69.6 Å². The average molecular weight is 1430 g/mol. The number of pyridine rings is 2. The van der Waals surface area contributed by atoms with Crippen LogP contribution in [0.2, 0.25) is 0 Å². The Bertz CT molecular complexity index is 3700. The maximum Gasteiger partial charge on any atom is 0.411 e. The van der Waals surface area contributed by atoms with Crippen molar-refractivity contribution in [2.45, 2.75) is 122 Å². The Balaban J connectivity index is 0.960. The minimum absolute atomic E-state index is 0.0237. The second kappa shape index (κ2) is 36.1. The van der Waals surface area contributed by atoms with Gasteiger partial charge in [-0.1, -0.05) is 26.0 Å². The second-order valence-corrected chi connectivity index (χ2v) is 24.7. The number of alkyl halides is 4. The van der Waals surface area contributed by atoms with E-state index in [9.17, 15) is 52.2 Å². The molecule has 0 radical (unpaired) electrons. The number of ether oxygens (including phenoxy) is 10. The van der Waals surface area contributed by atoms with Crippen LogP contribution in [0.5, 0.6) is 0 Å². The summed E-state index contributed by atoms with van der Waals surface area (Å²) in [5.74, 6) is -11.1. The van der Waals surface area contributed by atoms with Crippen LogP contribution in [-0.4, -0.2) is 234 Å². The van der Waals surface area contributed by atoms with Gasteiger partial charge in [-0.2, -0.15) is 8.78 Å². The number of nitrogens with zero attached hydrogens (tertiary/aromatic N) is 5. The number of aliphatic hydroxyl groups is 1. The Morgan fingerprint density at radius 1 is 0.802 bits per heavy atom. The highest BCUT2D eigenvalue weighted by molar-refractivity contribution is 6.04. The minimum atomic E-state index is -4.93. The lowest BCUT2D eigenvalue weighted by Gasteiger charge is -2.38. The number of hydrogen-bond donors (Lipinski definition) is 4. The number of likely N-dealkylation sites (tertiary alicyclic amines) is 1. The zero-order valence-electron chi connectivity index (χ0n) is 57.4. The van der Waals surface area contributed by atoms with Crippen molar-refractivity contribution in [2.75, 3.05) is 138 Å². The van der Waals surface area contributed by atoms with Crippen molar-refractivity contribution in [3.8, 4) is 11.4 Å². The first-order chi connectivity index (χ1) is 48.2. The van der Waals surface area contributed by atoms with Gasteiger partial charge >= 0.3 is 24.4 Å². The number of nitrogens with one attached hydrogen (secondary N) is 3. The van der Waals surface area contributed by atoms with E-state index in [1.54, 1.807) is 14.0 Å². The van der Waals surface area contributed by atoms with Gasteiger partial charge < -0.3 is 77.9 Å². The van der Waals surface area contributed by atoms with E-state index in [2.05, 4.69) is 16.0 Å². The van der Waals surface area contributed by atoms with Crippen molar-refractivity contribution in [1.29, 1.82) is 0 Å². The van der Waals surface area contributed by atoms with Gasteiger partial charge in [0, 0.05) is 79.8 Å². The molecule has 0 bridgehead atoms. The Hall–Kier alpha value is -8.15. The zero-order chi connectivity index (χ0) is 73.3. The van der Waals surface area contributed by atoms with Gasteiger partial charge in [-0.05, 0) is 74.9 Å². The van der Waals surface area contributed by atoms with Crippen molar-refractivity contribution < 1.29 is 113 Å². The largest absolute Gasteiger partial charge is 0.458 e. The van der Waals surface area contributed by atoms with Crippen LogP contribution in [0.3, 0.4) is 0 Å². The molecule has 3 aliphatic heterocycles. The first-order valence-corrected chi connectivity index (χ1v) is 33.3. The number of hydrogen-bond acceptors (Lipinski definition) is 21. The van der Waals surface area contributed by atoms with Gasteiger partial charge in [-0.15, -0.1) is 0 Å². The quantitative estimate of drug-likeness (QED) is 0.0181. The SMILES string of the molecule is CC[C@@]1(O)C(=O)OCc2c1cc1n(c2=O)Cc2c-1nc1cc(F)c(C)c3c1c2[C@@H](N(CC(F)(F)C(F)F)C(=O)OC(C(=O)N(C)CCOCCOCCOCCOCCOCCOCCOCCOC)c1ccc(NC(=O)[C@H](C)NC(=O)[C@H](C)NC(=O)CCN2C(=O)CC(C)C2=O)cc1)CC3. The lowest BCUT2D eigenvalue weighted by molar-refractivity contribution is -0.172. The van der Waals surface area contributed by atoms with Crippen LogP contribution < -0.4 is 21.5 Å². The molecule has 554 valence electrons. The molecule has 1 saturated heterocycles. The van der Waals surface area contributed by atoms with E-state index in [0.29, 0.717) is 76.5 Å². The highest BCUT2D eigenvalue weighted by atomic mass is 19.3. The number of aryl methyl sites for hydroxylation is 1. The van der Waals surface area contributed by atoms with Gasteiger partial charge in [-0.25, -0.2) is 27.7 Å². The third kappa shape index (κ3) is 19.3. The van der Waals surface area contributed by atoms with Crippen LogP contribution in [0, 0.1) is 18.7 Å². The number of fused-ring (bicyclic) bond motifs is 5. The molecule has 28 nitrogen and oxygen atoms in total. The second-order valence-electron chi connectivity index (χ2n) is 24.7. The number of rotatable bonds is 40. The predicted octanol–water partition coefficient (Wildman–Crippen LogP) is 4.55. The first kappa shape index (κ1) is 78.6. The summed E-state index contributed by atoms with van der Waals surface area (Å²) in [7, 11) is 2.92. The summed E-state index contributed by atoms with van der Waals surface area (Å²) < 4.78 is 133. The van der Waals surface area contributed by atoms with E-state index in [1.807, 2.05) is 0 Å². The number of imide groups is 1. The van der Waals surface area contributed by atoms with Gasteiger partial charge in [0.05, 0.1) is 141 Å². The summed E-state index contributed by atoms with van der Waals surface area (Å²) in [4.78, 5) is 128. The fourth-order valence-corrected chi connectivity index (χ4v) is 12.0. The Morgan fingerprint density at radius 2 is 1.38 bits per heavy atom. The number of carbonyl (C=O) groups is 8. The van der Waals surface area contributed by atoms with Crippen molar-refractivity contribution in [3.05, 3.63) is 91.5 Å². The number of carbonyl (C=O) groups excluding carboxylic acids is 8. The monoisotopic (exact) mass is 1430 g/mol. The van der Waals surface area contributed by atoms with Gasteiger partial charge in [0.1, 0.15) is 24.5 Å². The molecule has 4 aliphatic rings. The fraction of sp³-hybridized carbons (Fsp3) is 0.588. The molecule has 4 aromatic rings. The zero-order valence-corrected chi connectivity index (χ0v) is 57.4. The molecule has 0 spiro atoms. The molecule has 2 unspecified atom stereocenters. The molecule has 5 heterocycles. The number of esters is 1. The molecule has 6 atom stereocenters.